The number of aromatic nitrogens is 2. The van der Waals surface area contributed by atoms with Gasteiger partial charge in [0.05, 0.1) is 23.8 Å². The Kier molecular flexibility index (Phi) is 5.94. The van der Waals surface area contributed by atoms with Gasteiger partial charge in [-0.1, -0.05) is 35.9 Å². The first-order valence-electron chi connectivity index (χ1n) is 9.79. The van der Waals surface area contributed by atoms with E-state index in [9.17, 15) is 19.1 Å². The molecule has 1 aromatic heterocycles. The quantitative estimate of drug-likeness (QED) is 0.372. The lowest BCUT2D eigenvalue weighted by Gasteiger charge is -2.35. The minimum absolute atomic E-state index is 0. The molecule has 2 amide bonds. The Hall–Kier alpha value is -3.66. The van der Waals surface area contributed by atoms with Crippen LogP contribution >= 0.6 is 24.0 Å². The first kappa shape index (κ1) is 23.5. The molecule has 11 heteroatoms. The minimum Gasteiger partial charge on any atom is -0.453 e. The molecule has 3 N–H and O–H groups in total. The SMILES string of the molecule is COC(=O)Nc1nc2ccc(C3(O)c4ccccc4C(=O)N3c3cc(F)cc(Cl)c3)cc2[nH]1.Cl. The Morgan fingerprint density at radius 2 is 1.97 bits per heavy atom. The number of halogens is 3. The Bertz CT molecular complexity index is 1420. The Labute approximate surface area is 203 Å². The summed E-state index contributed by atoms with van der Waals surface area (Å²) < 4.78 is 18.7. The number of aromatic amines is 1. The van der Waals surface area contributed by atoms with Crippen LogP contribution in [0.4, 0.5) is 20.8 Å². The maximum absolute atomic E-state index is 14.2. The van der Waals surface area contributed by atoms with E-state index in [2.05, 4.69) is 20.0 Å². The maximum Gasteiger partial charge on any atom is 0.413 e. The van der Waals surface area contributed by atoms with Crippen molar-refractivity contribution in [2.45, 2.75) is 5.72 Å². The van der Waals surface area contributed by atoms with Crippen molar-refractivity contribution in [1.82, 2.24) is 9.97 Å². The van der Waals surface area contributed by atoms with Crippen molar-refractivity contribution < 1.29 is 23.8 Å². The number of nitrogens with one attached hydrogen (secondary N) is 2. The number of hydrogen-bond donors (Lipinski definition) is 3. The van der Waals surface area contributed by atoms with Gasteiger partial charge in [-0.3, -0.25) is 15.0 Å². The molecule has 0 aliphatic carbocycles. The fraction of sp³-hybridized carbons (Fsp3) is 0.0870. The third-order valence-electron chi connectivity index (χ3n) is 5.46. The summed E-state index contributed by atoms with van der Waals surface area (Å²) in [5.74, 6) is -1.00. The number of carbonyl (C=O) groups is 2. The topological polar surface area (TPSA) is 108 Å². The van der Waals surface area contributed by atoms with Crippen LogP contribution in [0.15, 0.2) is 60.7 Å². The van der Waals surface area contributed by atoms with Crippen LogP contribution < -0.4 is 10.2 Å². The summed E-state index contributed by atoms with van der Waals surface area (Å²) in [5, 5.41) is 14.6. The normalized spacial score (nSPS) is 16.8. The zero-order chi connectivity index (χ0) is 23.3. The highest BCUT2D eigenvalue weighted by molar-refractivity contribution is 6.31. The summed E-state index contributed by atoms with van der Waals surface area (Å²) in [5.41, 5.74) is 0.0665. The van der Waals surface area contributed by atoms with Crippen molar-refractivity contribution in [3.8, 4) is 0 Å². The number of nitrogens with zero attached hydrogens (tertiary/aromatic N) is 2. The van der Waals surface area contributed by atoms with E-state index in [4.69, 9.17) is 11.6 Å². The first-order valence-corrected chi connectivity index (χ1v) is 10.2. The summed E-state index contributed by atoms with van der Waals surface area (Å²) >= 11 is 6.04. The molecule has 0 saturated heterocycles. The molecule has 1 aliphatic heterocycles. The molecule has 1 unspecified atom stereocenters. The number of aliphatic hydroxyl groups is 1. The second-order valence-electron chi connectivity index (χ2n) is 7.42. The lowest BCUT2D eigenvalue weighted by molar-refractivity contribution is 0.0704. The van der Waals surface area contributed by atoms with Crippen molar-refractivity contribution in [3.63, 3.8) is 0 Å². The highest BCUT2D eigenvalue weighted by Gasteiger charge is 2.50. The number of fused-ring (bicyclic) bond motifs is 2. The van der Waals surface area contributed by atoms with Crippen LogP contribution in [-0.4, -0.2) is 34.2 Å². The predicted octanol–water partition coefficient (Wildman–Crippen LogP) is 4.81. The second kappa shape index (κ2) is 8.60. The molecule has 5 rings (SSSR count). The number of hydrogen-bond acceptors (Lipinski definition) is 5. The van der Waals surface area contributed by atoms with Crippen molar-refractivity contribution in [2.24, 2.45) is 0 Å². The van der Waals surface area contributed by atoms with Gasteiger partial charge in [0.25, 0.3) is 5.91 Å². The van der Waals surface area contributed by atoms with Crippen LogP contribution in [0.25, 0.3) is 11.0 Å². The molecule has 0 radical (unpaired) electrons. The zero-order valence-electron chi connectivity index (χ0n) is 17.5. The van der Waals surface area contributed by atoms with E-state index >= 15 is 0 Å². The summed E-state index contributed by atoms with van der Waals surface area (Å²) in [7, 11) is 1.23. The van der Waals surface area contributed by atoms with Crippen molar-refractivity contribution in [2.75, 3.05) is 17.3 Å². The smallest absolute Gasteiger partial charge is 0.413 e. The molecule has 3 aromatic carbocycles. The fourth-order valence-corrected chi connectivity index (χ4v) is 4.27. The molecule has 34 heavy (non-hydrogen) atoms. The third-order valence-corrected chi connectivity index (χ3v) is 5.67. The number of benzene rings is 3. The van der Waals surface area contributed by atoms with Crippen LogP contribution in [0.5, 0.6) is 0 Å². The van der Waals surface area contributed by atoms with Gasteiger partial charge in [-0.2, -0.15) is 0 Å². The lowest BCUT2D eigenvalue weighted by Crippen LogP contribution is -2.45. The van der Waals surface area contributed by atoms with Gasteiger partial charge in [-0.05, 0) is 36.4 Å². The molecule has 174 valence electrons. The summed E-state index contributed by atoms with van der Waals surface area (Å²) in [6.07, 6.45) is -0.697. The van der Waals surface area contributed by atoms with Crippen LogP contribution in [0.2, 0.25) is 5.02 Å². The summed E-state index contributed by atoms with van der Waals surface area (Å²) in [6, 6.07) is 15.1. The Morgan fingerprint density at radius 1 is 1.21 bits per heavy atom. The van der Waals surface area contributed by atoms with Gasteiger partial charge in [0.2, 0.25) is 5.95 Å². The van der Waals surface area contributed by atoms with E-state index in [0.29, 0.717) is 22.2 Å². The largest absolute Gasteiger partial charge is 0.453 e. The average molecular weight is 503 g/mol. The molecule has 0 fully saturated rings. The number of rotatable bonds is 3. The summed E-state index contributed by atoms with van der Waals surface area (Å²) in [6.45, 7) is 0. The standard InChI is InChI=1S/C23H16ClFN4O4.ClH/c1-33-22(31)28-21-26-18-7-6-12(8-19(18)27-21)23(32)17-5-3-2-4-16(17)20(30)29(23)15-10-13(24)9-14(25)11-15;/h2-11,32H,1H3,(H2,26,27,28,31);1H. The highest BCUT2D eigenvalue weighted by Crippen LogP contribution is 2.45. The number of H-pyrrole nitrogens is 1. The first-order chi connectivity index (χ1) is 15.8. The maximum atomic E-state index is 14.2. The van der Waals surface area contributed by atoms with Crippen molar-refractivity contribution in [1.29, 1.82) is 0 Å². The van der Waals surface area contributed by atoms with Crippen molar-refractivity contribution >= 4 is 58.7 Å². The van der Waals surface area contributed by atoms with Gasteiger partial charge in [-0.25, -0.2) is 14.2 Å². The van der Waals surface area contributed by atoms with Crippen LogP contribution in [0.1, 0.15) is 21.5 Å². The van der Waals surface area contributed by atoms with Gasteiger partial charge >= 0.3 is 6.09 Å². The molecule has 8 nitrogen and oxygen atoms in total. The van der Waals surface area contributed by atoms with Gasteiger partial charge in [0.15, 0.2) is 5.72 Å². The minimum atomic E-state index is -1.96. The Morgan fingerprint density at radius 3 is 2.71 bits per heavy atom. The van der Waals surface area contributed by atoms with E-state index in [-0.39, 0.29) is 34.6 Å². The number of methoxy groups -OCH3 is 1. The van der Waals surface area contributed by atoms with Crippen LogP contribution in [0.3, 0.4) is 0 Å². The molecule has 0 saturated carbocycles. The number of carbonyl (C=O) groups excluding carboxylic acids is 2. The third kappa shape index (κ3) is 3.63. The van der Waals surface area contributed by atoms with E-state index < -0.39 is 23.5 Å². The average Bonchev–Trinajstić information content (AvgIpc) is 3.29. The zero-order valence-corrected chi connectivity index (χ0v) is 19.1. The summed E-state index contributed by atoms with van der Waals surface area (Å²) in [4.78, 5) is 33.1. The van der Waals surface area contributed by atoms with Gasteiger partial charge in [0, 0.05) is 21.7 Å². The van der Waals surface area contributed by atoms with E-state index in [1.165, 1.54) is 13.2 Å². The molecule has 0 bridgehead atoms. The molecule has 1 atom stereocenters. The predicted molar refractivity (Wildman–Crippen MR) is 127 cm³/mol. The van der Waals surface area contributed by atoms with E-state index in [1.54, 1.807) is 42.5 Å². The van der Waals surface area contributed by atoms with Gasteiger partial charge in [0.1, 0.15) is 5.82 Å². The molecule has 1 aliphatic rings. The molecular formula is C23H17Cl2FN4O4. The van der Waals surface area contributed by atoms with E-state index in [0.717, 1.165) is 17.0 Å². The Balaban J connectivity index is 0.00000274. The molecule has 0 spiro atoms. The number of amides is 2. The van der Waals surface area contributed by atoms with Gasteiger partial charge < -0.3 is 14.8 Å². The van der Waals surface area contributed by atoms with Crippen LogP contribution in [-0.2, 0) is 10.5 Å². The molecule has 2 heterocycles. The van der Waals surface area contributed by atoms with Gasteiger partial charge in [-0.15, -0.1) is 12.4 Å². The number of imidazole rings is 1. The van der Waals surface area contributed by atoms with E-state index in [1.807, 2.05) is 0 Å². The second-order valence-corrected chi connectivity index (χ2v) is 7.86. The number of anilines is 2. The fourth-order valence-electron chi connectivity index (χ4n) is 4.05. The number of ether oxygens (including phenoxy) is 1. The lowest BCUT2D eigenvalue weighted by atomic mass is 9.93. The van der Waals surface area contributed by atoms with Crippen LogP contribution in [0, 0.1) is 5.82 Å². The monoisotopic (exact) mass is 502 g/mol. The highest BCUT2D eigenvalue weighted by atomic mass is 35.5. The van der Waals surface area contributed by atoms with Crippen molar-refractivity contribution in [3.05, 3.63) is 88.2 Å². The molecular weight excluding hydrogens is 486 g/mol. The molecule has 4 aromatic rings.